The van der Waals surface area contributed by atoms with Gasteiger partial charge in [-0.1, -0.05) is 36.3 Å². The van der Waals surface area contributed by atoms with Gasteiger partial charge in [0.25, 0.3) is 5.91 Å². The molecule has 1 amide bonds. The van der Waals surface area contributed by atoms with Crippen molar-refractivity contribution in [1.29, 1.82) is 0 Å². The summed E-state index contributed by atoms with van der Waals surface area (Å²) in [7, 11) is 4.14. The van der Waals surface area contributed by atoms with Crippen LogP contribution in [-0.2, 0) is 17.7 Å². The van der Waals surface area contributed by atoms with Gasteiger partial charge in [-0.25, -0.2) is 0 Å². The van der Waals surface area contributed by atoms with Gasteiger partial charge in [-0.2, -0.15) is 0 Å². The Morgan fingerprint density at radius 3 is 2.62 bits per heavy atom. The second kappa shape index (κ2) is 10.0. The van der Waals surface area contributed by atoms with E-state index in [4.69, 9.17) is 9.26 Å². The summed E-state index contributed by atoms with van der Waals surface area (Å²) in [5.41, 5.74) is 2.86. The van der Waals surface area contributed by atoms with Crippen LogP contribution < -0.4 is 0 Å². The second-order valence-corrected chi connectivity index (χ2v) is 8.04. The van der Waals surface area contributed by atoms with Crippen LogP contribution in [0.25, 0.3) is 0 Å². The van der Waals surface area contributed by atoms with Crippen molar-refractivity contribution < 1.29 is 14.1 Å². The van der Waals surface area contributed by atoms with Gasteiger partial charge in [-0.05, 0) is 51.4 Å². The maximum atomic E-state index is 13.0. The second-order valence-electron chi connectivity index (χ2n) is 8.04. The lowest BCUT2D eigenvalue weighted by atomic mass is 9.95. The highest BCUT2D eigenvalue weighted by Crippen LogP contribution is 2.31. The molecule has 0 saturated carbocycles. The summed E-state index contributed by atoms with van der Waals surface area (Å²) in [6, 6.07) is 10.6. The van der Waals surface area contributed by atoms with Gasteiger partial charge in [0, 0.05) is 38.2 Å². The maximum Gasteiger partial charge on any atom is 0.276 e. The molecule has 2 atom stereocenters. The Morgan fingerprint density at radius 2 is 1.97 bits per heavy atom. The first-order valence-electron chi connectivity index (χ1n) is 10.6. The van der Waals surface area contributed by atoms with Crippen LogP contribution in [0.1, 0.15) is 66.6 Å². The van der Waals surface area contributed by atoms with Crippen LogP contribution in [0.2, 0.25) is 0 Å². The van der Waals surface area contributed by atoms with Crippen molar-refractivity contribution in [3.63, 3.8) is 0 Å². The topological polar surface area (TPSA) is 58.8 Å². The molecule has 1 aromatic carbocycles. The highest BCUT2D eigenvalue weighted by Gasteiger charge is 2.31. The number of aromatic nitrogens is 1. The van der Waals surface area contributed by atoms with Crippen molar-refractivity contribution in [2.24, 2.45) is 0 Å². The molecule has 0 unspecified atom stereocenters. The molecule has 1 aliphatic heterocycles. The Bertz CT molecular complexity index is 785. The van der Waals surface area contributed by atoms with Gasteiger partial charge in [0.1, 0.15) is 5.76 Å². The first-order valence-corrected chi connectivity index (χ1v) is 10.6. The van der Waals surface area contributed by atoms with Crippen molar-refractivity contribution in [2.75, 3.05) is 27.2 Å². The van der Waals surface area contributed by atoms with Crippen molar-refractivity contribution in [3.05, 3.63) is 52.9 Å². The number of hydrogen-bond acceptors (Lipinski definition) is 5. The van der Waals surface area contributed by atoms with E-state index in [0.717, 1.165) is 38.0 Å². The molecule has 2 heterocycles. The molecule has 6 nitrogen and oxygen atoms in total. The van der Waals surface area contributed by atoms with E-state index in [-0.39, 0.29) is 18.1 Å². The molecule has 1 fully saturated rings. The fraction of sp³-hybridized carbons (Fsp3) is 0.565. The van der Waals surface area contributed by atoms with Gasteiger partial charge < -0.3 is 19.1 Å². The average molecular weight is 400 g/mol. The molecule has 0 bridgehead atoms. The van der Waals surface area contributed by atoms with Gasteiger partial charge >= 0.3 is 0 Å². The fourth-order valence-corrected chi connectivity index (χ4v) is 3.99. The summed E-state index contributed by atoms with van der Waals surface area (Å²) in [6.45, 7) is 6.32. The summed E-state index contributed by atoms with van der Waals surface area (Å²) >= 11 is 0. The van der Waals surface area contributed by atoms with Crippen LogP contribution in [0.4, 0.5) is 0 Å². The summed E-state index contributed by atoms with van der Waals surface area (Å²) in [5, 5.41) is 4.01. The monoisotopic (exact) mass is 399 g/mol. The third kappa shape index (κ3) is 5.46. The van der Waals surface area contributed by atoms with Crippen LogP contribution in [-0.4, -0.2) is 54.2 Å². The number of rotatable bonds is 8. The molecule has 1 aliphatic rings. The van der Waals surface area contributed by atoms with E-state index in [1.165, 1.54) is 11.1 Å². The first-order chi connectivity index (χ1) is 14.0. The summed E-state index contributed by atoms with van der Waals surface area (Å²) in [5.74, 6) is 0.722. The minimum absolute atomic E-state index is 0.0111. The lowest BCUT2D eigenvalue weighted by molar-refractivity contribution is -0.0233. The number of nitrogens with zero attached hydrogens (tertiary/aromatic N) is 3. The average Bonchev–Trinajstić information content (AvgIpc) is 3.18. The van der Waals surface area contributed by atoms with E-state index in [0.29, 0.717) is 18.8 Å². The molecule has 6 heteroatoms. The summed E-state index contributed by atoms with van der Waals surface area (Å²) in [4.78, 5) is 17.1. The lowest BCUT2D eigenvalue weighted by Crippen LogP contribution is -2.44. The largest absolute Gasteiger partial charge is 0.373 e. The Hall–Kier alpha value is -2.18. The molecule has 0 aliphatic carbocycles. The van der Waals surface area contributed by atoms with Gasteiger partial charge in [0.15, 0.2) is 5.69 Å². The smallest absolute Gasteiger partial charge is 0.276 e. The number of benzene rings is 1. The third-order valence-corrected chi connectivity index (χ3v) is 5.42. The molecule has 0 radical (unpaired) electrons. The Balaban J connectivity index is 1.68. The fourth-order valence-electron chi connectivity index (χ4n) is 3.99. The standard InChI is InChI=1S/C23H33N3O3/c1-5-7-20-15-21(24-29-20)23(27)26(6-2)19-12-13-28-22(14-19)18-10-8-17(9-11-18)16-25(3)4/h8-11,15,19,22H,5-7,12-14,16H2,1-4H3/t19-,22+/m0/s1. The highest BCUT2D eigenvalue weighted by molar-refractivity contribution is 5.92. The molecule has 1 aromatic heterocycles. The van der Waals surface area contributed by atoms with Gasteiger partial charge in [-0.3, -0.25) is 4.79 Å². The summed E-state index contributed by atoms with van der Waals surface area (Å²) in [6.07, 6.45) is 3.42. The number of hydrogen-bond donors (Lipinski definition) is 0. The molecule has 2 aromatic rings. The Labute approximate surface area is 173 Å². The number of aryl methyl sites for hydroxylation is 1. The number of carbonyl (C=O) groups is 1. The van der Waals surface area contributed by atoms with Crippen LogP contribution in [0, 0.1) is 0 Å². The highest BCUT2D eigenvalue weighted by atomic mass is 16.5. The molecule has 0 N–H and O–H groups in total. The van der Waals surface area contributed by atoms with E-state index in [1.807, 2.05) is 11.8 Å². The molecular weight excluding hydrogens is 366 g/mol. The first kappa shape index (κ1) is 21.5. The van der Waals surface area contributed by atoms with Crippen LogP contribution in [0.5, 0.6) is 0 Å². The van der Waals surface area contributed by atoms with Gasteiger partial charge in [-0.15, -0.1) is 0 Å². The predicted octanol–water partition coefficient (Wildman–Crippen LogP) is 4.07. The molecule has 29 heavy (non-hydrogen) atoms. The zero-order chi connectivity index (χ0) is 20.8. The molecular formula is C23H33N3O3. The van der Waals surface area contributed by atoms with E-state index in [2.05, 4.69) is 55.3 Å². The van der Waals surface area contributed by atoms with E-state index in [1.54, 1.807) is 6.07 Å². The van der Waals surface area contributed by atoms with Crippen molar-refractivity contribution >= 4 is 5.91 Å². The minimum Gasteiger partial charge on any atom is -0.373 e. The van der Waals surface area contributed by atoms with E-state index in [9.17, 15) is 4.79 Å². The van der Waals surface area contributed by atoms with Crippen LogP contribution in [0.3, 0.4) is 0 Å². The Morgan fingerprint density at radius 1 is 1.21 bits per heavy atom. The van der Waals surface area contributed by atoms with Crippen LogP contribution >= 0.6 is 0 Å². The lowest BCUT2D eigenvalue weighted by Gasteiger charge is -2.37. The van der Waals surface area contributed by atoms with Crippen LogP contribution in [0.15, 0.2) is 34.9 Å². The number of ether oxygens (including phenoxy) is 1. The SMILES string of the molecule is CCCc1cc(C(=O)N(CC)[C@H]2CCO[C@@H](c3ccc(CN(C)C)cc3)C2)no1. The third-order valence-electron chi connectivity index (χ3n) is 5.42. The van der Waals surface area contributed by atoms with Crippen molar-refractivity contribution in [3.8, 4) is 0 Å². The van der Waals surface area contributed by atoms with Crippen molar-refractivity contribution in [2.45, 2.75) is 58.2 Å². The van der Waals surface area contributed by atoms with E-state index < -0.39 is 0 Å². The summed E-state index contributed by atoms with van der Waals surface area (Å²) < 4.78 is 11.4. The molecule has 1 saturated heterocycles. The number of amides is 1. The zero-order valence-corrected chi connectivity index (χ0v) is 18.1. The van der Waals surface area contributed by atoms with Gasteiger partial charge in [0.05, 0.1) is 6.10 Å². The molecule has 0 spiro atoms. The normalized spacial score (nSPS) is 19.5. The Kier molecular flexibility index (Phi) is 7.45. The minimum atomic E-state index is -0.0504. The van der Waals surface area contributed by atoms with Crippen molar-refractivity contribution in [1.82, 2.24) is 15.0 Å². The predicted molar refractivity (Wildman–Crippen MR) is 113 cm³/mol. The quantitative estimate of drug-likeness (QED) is 0.670. The zero-order valence-electron chi connectivity index (χ0n) is 18.1. The molecule has 3 rings (SSSR count). The van der Waals surface area contributed by atoms with Gasteiger partial charge in [0.2, 0.25) is 0 Å². The molecule has 158 valence electrons. The maximum absolute atomic E-state index is 13.0. The van der Waals surface area contributed by atoms with E-state index >= 15 is 0 Å². The number of carbonyl (C=O) groups excluding carboxylic acids is 1.